The van der Waals surface area contributed by atoms with Gasteiger partial charge in [0.2, 0.25) is 5.91 Å². The summed E-state index contributed by atoms with van der Waals surface area (Å²) in [6.07, 6.45) is 6.50. The molecule has 0 radical (unpaired) electrons. The van der Waals surface area contributed by atoms with E-state index in [-0.39, 0.29) is 24.1 Å². The maximum atomic E-state index is 12.9. The van der Waals surface area contributed by atoms with Crippen molar-refractivity contribution in [2.75, 3.05) is 25.4 Å². The molecule has 2 heterocycles. The maximum Gasteiger partial charge on any atom is 0.224 e. The molecule has 1 atom stereocenters. The molecule has 1 aromatic carbocycles. The van der Waals surface area contributed by atoms with E-state index in [1.165, 1.54) is 5.56 Å². The van der Waals surface area contributed by atoms with Crippen molar-refractivity contribution in [2.24, 2.45) is 0 Å². The van der Waals surface area contributed by atoms with Crippen molar-refractivity contribution in [2.45, 2.75) is 36.6 Å². The molecule has 0 spiro atoms. The molecule has 1 saturated heterocycles. The minimum Gasteiger partial charge on any atom is -0.333 e. The minimum absolute atomic E-state index is 0.00379. The molecule has 1 aliphatic heterocycles. The Kier molecular flexibility index (Phi) is 5.46. The highest BCUT2D eigenvalue weighted by molar-refractivity contribution is 7.91. The standard InChI is InChI=1S/C21H25N3O3S/c25-21(24-11-10-23-15-20(24)18-5-2-9-22-14-18)8-12-28(26,27)19-7-6-16-3-1-4-17(16)13-19/h2,5-7,9,13-14,20,23H,1,3-4,8,10-12,15H2. The van der Waals surface area contributed by atoms with Gasteiger partial charge in [-0.15, -0.1) is 0 Å². The highest BCUT2D eigenvalue weighted by atomic mass is 32.2. The van der Waals surface area contributed by atoms with E-state index in [4.69, 9.17) is 0 Å². The zero-order valence-corrected chi connectivity index (χ0v) is 16.6. The van der Waals surface area contributed by atoms with Crippen molar-refractivity contribution in [3.05, 3.63) is 59.4 Å². The largest absolute Gasteiger partial charge is 0.333 e. The van der Waals surface area contributed by atoms with Crippen molar-refractivity contribution in [3.8, 4) is 0 Å². The molecule has 1 fully saturated rings. The number of pyridine rings is 1. The molecule has 28 heavy (non-hydrogen) atoms. The van der Waals surface area contributed by atoms with Gasteiger partial charge < -0.3 is 10.2 Å². The summed E-state index contributed by atoms with van der Waals surface area (Å²) < 4.78 is 25.6. The molecular formula is C21H25N3O3S. The first kappa shape index (κ1) is 19.1. The Morgan fingerprint density at radius 3 is 2.89 bits per heavy atom. The third kappa shape index (κ3) is 3.95. The van der Waals surface area contributed by atoms with E-state index in [1.54, 1.807) is 29.4 Å². The number of carbonyl (C=O) groups excluding carboxylic acids is 1. The Morgan fingerprint density at radius 2 is 2.07 bits per heavy atom. The lowest BCUT2D eigenvalue weighted by Gasteiger charge is -2.36. The summed E-state index contributed by atoms with van der Waals surface area (Å²) in [5, 5.41) is 3.30. The first-order valence-corrected chi connectivity index (χ1v) is 11.4. The zero-order chi connectivity index (χ0) is 19.6. The van der Waals surface area contributed by atoms with Gasteiger partial charge in [-0.05, 0) is 54.2 Å². The molecule has 4 rings (SSSR count). The fourth-order valence-corrected chi connectivity index (χ4v) is 5.37. The summed E-state index contributed by atoms with van der Waals surface area (Å²) >= 11 is 0. The number of carbonyl (C=O) groups is 1. The van der Waals surface area contributed by atoms with Gasteiger partial charge >= 0.3 is 0 Å². The van der Waals surface area contributed by atoms with Gasteiger partial charge in [-0.2, -0.15) is 0 Å². The monoisotopic (exact) mass is 399 g/mol. The number of benzene rings is 1. The maximum absolute atomic E-state index is 12.9. The van der Waals surface area contributed by atoms with Crippen molar-refractivity contribution in [1.82, 2.24) is 15.2 Å². The lowest BCUT2D eigenvalue weighted by atomic mass is 10.1. The number of rotatable bonds is 5. The number of fused-ring (bicyclic) bond motifs is 1. The van der Waals surface area contributed by atoms with Gasteiger partial charge in [0.05, 0.1) is 16.7 Å². The molecule has 6 nitrogen and oxygen atoms in total. The van der Waals surface area contributed by atoms with Gasteiger partial charge in [0.1, 0.15) is 0 Å². The SMILES string of the molecule is O=C(CCS(=O)(=O)c1ccc2c(c1)CCC2)N1CCNCC1c1cccnc1. The molecule has 148 valence electrons. The van der Waals surface area contributed by atoms with Crippen LogP contribution in [0.5, 0.6) is 0 Å². The van der Waals surface area contributed by atoms with Gasteiger partial charge in [0.25, 0.3) is 0 Å². The van der Waals surface area contributed by atoms with Gasteiger partial charge in [0.15, 0.2) is 9.84 Å². The predicted molar refractivity (Wildman–Crippen MR) is 107 cm³/mol. The van der Waals surface area contributed by atoms with Crippen LogP contribution in [0.25, 0.3) is 0 Å². The van der Waals surface area contributed by atoms with E-state index in [0.717, 1.165) is 30.4 Å². The Labute approximate surface area is 165 Å². The van der Waals surface area contributed by atoms with E-state index in [0.29, 0.717) is 24.5 Å². The highest BCUT2D eigenvalue weighted by Gasteiger charge is 2.29. The van der Waals surface area contributed by atoms with E-state index in [2.05, 4.69) is 10.3 Å². The fraction of sp³-hybridized carbons (Fsp3) is 0.429. The van der Waals surface area contributed by atoms with Crippen molar-refractivity contribution in [1.29, 1.82) is 0 Å². The number of sulfone groups is 1. The van der Waals surface area contributed by atoms with Crippen LogP contribution in [0.15, 0.2) is 47.6 Å². The van der Waals surface area contributed by atoms with Crippen LogP contribution in [-0.4, -0.2) is 49.6 Å². The third-order valence-corrected chi connectivity index (χ3v) is 7.36. The van der Waals surface area contributed by atoms with Gasteiger partial charge in [0, 0.05) is 38.4 Å². The molecule has 2 aliphatic rings. The molecule has 0 saturated carbocycles. The lowest BCUT2D eigenvalue weighted by molar-refractivity contribution is -0.134. The summed E-state index contributed by atoms with van der Waals surface area (Å²) in [5.41, 5.74) is 3.34. The normalized spacial score (nSPS) is 19.4. The average molecular weight is 400 g/mol. The Balaban J connectivity index is 1.45. The quantitative estimate of drug-likeness (QED) is 0.831. The second kappa shape index (κ2) is 8.01. The van der Waals surface area contributed by atoms with Gasteiger partial charge in [-0.1, -0.05) is 12.1 Å². The number of amides is 1. The summed E-state index contributed by atoms with van der Waals surface area (Å²) in [6.45, 7) is 1.92. The first-order valence-electron chi connectivity index (χ1n) is 9.79. The van der Waals surface area contributed by atoms with Crippen LogP contribution < -0.4 is 5.32 Å². The number of nitrogens with one attached hydrogen (secondary N) is 1. The fourth-order valence-electron chi connectivity index (χ4n) is 4.10. The van der Waals surface area contributed by atoms with Crippen molar-refractivity contribution >= 4 is 15.7 Å². The minimum atomic E-state index is -3.47. The predicted octanol–water partition coefficient (Wildman–Crippen LogP) is 1.91. The summed E-state index contributed by atoms with van der Waals surface area (Å²) in [7, 11) is -3.47. The third-order valence-electron chi connectivity index (χ3n) is 5.65. The van der Waals surface area contributed by atoms with Crippen LogP contribution in [-0.2, 0) is 27.5 Å². The zero-order valence-electron chi connectivity index (χ0n) is 15.8. The Hall–Kier alpha value is -2.25. The van der Waals surface area contributed by atoms with Gasteiger partial charge in [-0.3, -0.25) is 9.78 Å². The van der Waals surface area contributed by atoms with Crippen LogP contribution in [0.1, 0.15) is 35.6 Å². The lowest BCUT2D eigenvalue weighted by Crippen LogP contribution is -2.49. The van der Waals surface area contributed by atoms with Crippen LogP contribution in [0.3, 0.4) is 0 Å². The van der Waals surface area contributed by atoms with E-state index < -0.39 is 9.84 Å². The molecular weight excluding hydrogens is 374 g/mol. The van der Waals surface area contributed by atoms with Crippen molar-refractivity contribution < 1.29 is 13.2 Å². The van der Waals surface area contributed by atoms with Crippen LogP contribution in [0.2, 0.25) is 0 Å². The van der Waals surface area contributed by atoms with Crippen molar-refractivity contribution in [3.63, 3.8) is 0 Å². The summed E-state index contributed by atoms with van der Waals surface area (Å²) in [4.78, 5) is 19.1. The topological polar surface area (TPSA) is 79.4 Å². The molecule has 1 N–H and O–H groups in total. The molecule has 1 amide bonds. The second-order valence-electron chi connectivity index (χ2n) is 7.45. The molecule has 1 aromatic heterocycles. The van der Waals surface area contributed by atoms with Crippen LogP contribution >= 0.6 is 0 Å². The Morgan fingerprint density at radius 1 is 1.21 bits per heavy atom. The number of piperazine rings is 1. The molecule has 1 unspecified atom stereocenters. The van der Waals surface area contributed by atoms with E-state index in [9.17, 15) is 13.2 Å². The number of aryl methyl sites for hydroxylation is 2. The van der Waals surface area contributed by atoms with Crippen LogP contribution in [0.4, 0.5) is 0 Å². The molecule has 0 bridgehead atoms. The second-order valence-corrected chi connectivity index (χ2v) is 9.56. The summed E-state index contributed by atoms with van der Waals surface area (Å²) in [6, 6.07) is 9.10. The number of aromatic nitrogens is 1. The number of hydrogen-bond acceptors (Lipinski definition) is 5. The van der Waals surface area contributed by atoms with Gasteiger partial charge in [-0.25, -0.2) is 8.42 Å². The summed E-state index contributed by atoms with van der Waals surface area (Å²) in [5.74, 6) is -0.283. The van der Waals surface area contributed by atoms with Crippen LogP contribution in [0, 0.1) is 0 Å². The molecule has 2 aromatic rings. The number of hydrogen-bond donors (Lipinski definition) is 1. The van der Waals surface area contributed by atoms with E-state index >= 15 is 0 Å². The Bertz CT molecular complexity index is 960. The first-order chi connectivity index (χ1) is 13.5. The average Bonchev–Trinajstić information content (AvgIpc) is 3.21. The van der Waals surface area contributed by atoms with E-state index in [1.807, 2.05) is 18.2 Å². The molecule has 1 aliphatic carbocycles. The smallest absolute Gasteiger partial charge is 0.224 e. The highest BCUT2D eigenvalue weighted by Crippen LogP contribution is 2.26. The molecule has 7 heteroatoms. The number of nitrogens with zero attached hydrogens (tertiary/aromatic N) is 2.